The zero-order valence-electron chi connectivity index (χ0n) is 12.2. The lowest BCUT2D eigenvalue weighted by Crippen LogP contribution is -2.37. The summed E-state index contributed by atoms with van der Waals surface area (Å²) >= 11 is 1.37. The highest BCUT2D eigenvalue weighted by molar-refractivity contribution is 7.15. The van der Waals surface area contributed by atoms with Crippen LogP contribution in [0.3, 0.4) is 0 Å². The van der Waals surface area contributed by atoms with Crippen molar-refractivity contribution < 1.29 is 9.21 Å². The maximum absolute atomic E-state index is 12.4. The number of fused-ring (bicyclic) bond motifs is 1. The third-order valence-electron chi connectivity index (χ3n) is 3.33. The molecular formula is C15H15N3O3S. The lowest BCUT2D eigenvalue weighted by Gasteiger charge is -2.12. The Morgan fingerprint density at radius 1 is 1.55 bits per heavy atom. The average Bonchev–Trinajstić information content (AvgIpc) is 3.09. The summed E-state index contributed by atoms with van der Waals surface area (Å²) in [4.78, 5) is 29.4. The van der Waals surface area contributed by atoms with Crippen LogP contribution in [0.4, 0.5) is 0 Å². The number of hydrogen-bond donors (Lipinski definition) is 1. The molecule has 3 rings (SSSR count). The molecule has 0 radical (unpaired) electrons. The monoisotopic (exact) mass is 317 g/mol. The fourth-order valence-corrected chi connectivity index (χ4v) is 3.09. The summed E-state index contributed by atoms with van der Waals surface area (Å²) in [6.07, 6.45) is 3.49. The first-order valence-electron chi connectivity index (χ1n) is 6.85. The van der Waals surface area contributed by atoms with Gasteiger partial charge in [0.25, 0.3) is 11.5 Å². The van der Waals surface area contributed by atoms with Gasteiger partial charge < -0.3 is 9.73 Å². The summed E-state index contributed by atoms with van der Waals surface area (Å²) in [5.41, 5.74) is 0.479. The number of nitrogens with one attached hydrogen (secondary N) is 1. The molecule has 1 unspecified atom stereocenters. The molecule has 0 bridgehead atoms. The first-order valence-corrected chi connectivity index (χ1v) is 7.73. The van der Waals surface area contributed by atoms with Gasteiger partial charge in [0.15, 0.2) is 4.96 Å². The molecule has 0 saturated carbocycles. The smallest absolute Gasteiger partial charge is 0.271 e. The van der Waals surface area contributed by atoms with E-state index in [-0.39, 0.29) is 17.2 Å². The molecule has 1 amide bonds. The molecule has 0 saturated heterocycles. The van der Waals surface area contributed by atoms with Crippen molar-refractivity contribution in [1.29, 1.82) is 0 Å². The van der Waals surface area contributed by atoms with E-state index in [9.17, 15) is 9.59 Å². The molecule has 0 aliphatic carbocycles. The van der Waals surface area contributed by atoms with Gasteiger partial charge in [0.2, 0.25) is 0 Å². The maximum atomic E-state index is 12.4. The van der Waals surface area contributed by atoms with Gasteiger partial charge in [0.1, 0.15) is 11.3 Å². The van der Waals surface area contributed by atoms with Gasteiger partial charge in [-0.05, 0) is 26.0 Å². The SMILES string of the molecule is Cc1csc2ncc(C(=O)NC(C)Cc3ccco3)c(=O)n12. The Morgan fingerprint density at radius 2 is 2.36 bits per heavy atom. The van der Waals surface area contributed by atoms with Crippen molar-refractivity contribution in [2.45, 2.75) is 26.3 Å². The van der Waals surface area contributed by atoms with Gasteiger partial charge in [-0.1, -0.05) is 0 Å². The van der Waals surface area contributed by atoms with Crippen LogP contribution in [0.2, 0.25) is 0 Å². The predicted octanol–water partition coefficient (Wildman–Crippen LogP) is 2.02. The topological polar surface area (TPSA) is 76.6 Å². The minimum Gasteiger partial charge on any atom is -0.469 e. The van der Waals surface area contributed by atoms with Gasteiger partial charge in [0.05, 0.1) is 6.26 Å². The summed E-state index contributed by atoms with van der Waals surface area (Å²) in [5, 5.41) is 4.64. The van der Waals surface area contributed by atoms with E-state index in [0.29, 0.717) is 11.4 Å². The predicted molar refractivity (Wildman–Crippen MR) is 83.4 cm³/mol. The summed E-state index contributed by atoms with van der Waals surface area (Å²) in [7, 11) is 0. The molecule has 0 aliphatic heterocycles. The van der Waals surface area contributed by atoms with Crippen molar-refractivity contribution in [2.75, 3.05) is 0 Å². The molecule has 3 heterocycles. The van der Waals surface area contributed by atoms with E-state index in [1.54, 1.807) is 12.3 Å². The van der Waals surface area contributed by atoms with E-state index in [0.717, 1.165) is 11.5 Å². The zero-order valence-corrected chi connectivity index (χ0v) is 13.0. The van der Waals surface area contributed by atoms with Gasteiger partial charge in [0, 0.05) is 29.7 Å². The summed E-state index contributed by atoms with van der Waals surface area (Å²) in [6.45, 7) is 3.67. The van der Waals surface area contributed by atoms with Gasteiger partial charge >= 0.3 is 0 Å². The molecule has 0 spiro atoms. The highest BCUT2D eigenvalue weighted by Gasteiger charge is 2.17. The van der Waals surface area contributed by atoms with Crippen LogP contribution < -0.4 is 10.9 Å². The van der Waals surface area contributed by atoms with Crippen LogP contribution in [0.1, 0.15) is 28.7 Å². The van der Waals surface area contributed by atoms with Crippen LogP contribution in [0, 0.1) is 6.92 Å². The second-order valence-corrected chi connectivity index (χ2v) is 5.97. The molecule has 22 heavy (non-hydrogen) atoms. The van der Waals surface area contributed by atoms with Crippen molar-refractivity contribution in [1.82, 2.24) is 14.7 Å². The first kappa shape index (κ1) is 14.5. The summed E-state index contributed by atoms with van der Waals surface area (Å²) in [6, 6.07) is 3.50. The Hall–Kier alpha value is -2.41. The van der Waals surface area contributed by atoms with Crippen molar-refractivity contribution in [2.24, 2.45) is 0 Å². The number of thiazole rings is 1. The number of hydrogen-bond acceptors (Lipinski definition) is 5. The minimum absolute atomic E-state index is 0.0466. The molecule has 6 nitrogen and oxygen atoms in total. The Labute approximate surface area is 130 Å². The van der Waals surface area contributed by atoms with Crippen molar-refractivity contribution in [3.05, 3.63) is 57.3 Å². The van der Waals surface area contributed by atoms with Crippen LogP contribution in [-0.4, -0.2) is 21.3 Å². The summed E-state index contributed by atoms with van der Waals surface area (Å²) in [5.74, 6) is 0.364. The number of aryl methyl sites for hydroxylation is 1. The number of carbonyl (C=O) groups excluding carboxylic acids is 1. The minimum atomic E-state index is -0.420. The first-order chi connectivity index (χ1) is 10.6. The molecule has 114 valence electrons. The number of aromatic nitrogens is 2. The van der Waals surface area contributed by atoms with Gasteiger partial charge in [-0.3, -0.25) is 14.0 Å². The van der Waals surface area contributed by atoms with Gasteiger partial charge in [-0.25, -0.2) is 4.98 Å². The van der Waals surface area contributed by atoms with Crippen LogP contribution in [0.5, 0.6) is 0 Å². The normalized spacial score (nSPS) is 12.5. The van der Waals surface area contributed by atoms with Crippen molar-refractivity contribution >= 4 is 22.2 Å². The van der Waals surface area contributed by atoms with E-state index < -0.39 is 5.91 Å². The standard InChI is InChI=1S/C15H15N3O3S/c1-9(6-11-4-3-5-21-11)17-13(19)12-7-16-15-18(14(12)20)10(2)8-22-15/h3-5,7-9H,6H2,1-2H3,(H,17,19). The van der Waals surface area contributed by atoms with Crippen LogP contribution >= 0.6 is 11.3 Å². The molecule has 1 atom stereocenters. The second kappa shape index (κ2) is 5.76. The Balaban J connectivity index is 1.81. The Bertz CT molecular complexity index is 864. The largest absolute Gasteiger partial charge is 0.469 e. The highest BCUT2D eigenvalue weighted by atomic mass is 32.1. The second-order valence-electron chi connectivity index (χ2n) is 5.13. The Kier molecular flexibility index (Phi) is 3.81. The van der Waals surface area contributed by atoms with Crippen molar-refractivity contribution in [3.8, 4) is 0 Å². The lowest BCUT2D eigenvalue weighted by molar-refractivity contribution is 0.0937. The summed E-state index contributed by atoms with van der Waals surface area (Å²) < 4.78 is 6.71. The molecule has 0 aromatic carbocycles. The van der Waals surface area contributed by atoms with E-state index in [2.05, 4.69) is 10.3 Å². The molecule has 3 aromatic heterocycles. The van der Waals surface area contributed by atoms with Crippen molar-refractivity contribution in [3.63, 3.8) is 0 Å². The van der Waals surface area contributed by atoms with Crippen LogP contribution in [-0.2, 0) is 6.42 Å². The van der Waals surface area contributed by atoms with Gasteiger partial charge in [-0.15, -0.1) is 11.3 Å². The number of carbonyl (C=O) groups is 1. The molecule has 1 N–H and O–H groups in total. The number of furan rings is 1. The van der Waals surface area contributed by atoms with Crippen LogP contribution in [0.25, 0.3) is 4.96 Å². The maximum Gasteiger partial charge on any atom is 0.271 e. The number of amides is 1. The average molecular weight is 317 g/mol. The van der Waals surface area contributed by atoms with E-state index >= 15 is 0 Å². The number of rotatable bonds is 4. The fourth-order valence-electron chi connectivity index (χ4n) is 2.26. The Morgan fingerprint density at radius 3 is 3.09 bits per heavy atom. The third kappa shape index (κ3) is 2.67. The molecule has 3 aromatic rings. The molecular weight excluding hydrogens is 302 g/mol. The quantitative estimate of drug-likeness (QED) is 0.798. The third-order valence-corrected chi connectivity index (χ3v) is 4.28. The molecule has 0 aliphatic rings. The van der Waals surface area contributed by atoms with E-state index in [1.165, 1.54) is 21.9 Å². The highest BCUT2D eigenvalue weighted by Crippen LogP contribution is 2.11. The van der Waals surface area contributed by atoms with Crippen LogP contribution in [0.15, 0.2) is 39.2 Å². The molecule has 0 fully saturated rings. The number of nitrogens with zero attached hydrogens (tertiary/aromatic N) is 2. The van der Waals surface area contributed by atoms with E-state index in [4.69, 9.17) is 4.42 Å². The van der Waals surface area contributed by atoms with E-state index in [1.807, 2.05) is 25.3 Å². The zero-order chi connectivity index (χ0) is 15.7. The molecule has 7 heteroatoms. The lowest BCUT2D eigenvalue weighted by atomic mass is 10.2. The fraction of sp³-hybridized carbons (Fsp3) is 0.267. The van der Waals surface area contributed by atoms with Gasteiger partial charge in [-0.2, -0.15) is 0 Å².